The van der Waals surface area contributed by atoms with E-state index in [2.05, 4.69) is 221 Å². The van der Waals surface area contributed by atoms with Crippen LogP contribution in [0, 0.1) is 0 Å². The third-order valence-corrected chi connectivity index (χ3v) is 21.6. The number of fused-ring (bicyclic) bond motifs is 21. The molecule has 5 aliphatic rings. The summed E-state index contributed by atoms with van der Waals surface area (Å²) >= 11 is 1.93. The highest BCUT2D eigenvalue weighted by Gasteiger charge is 2.50. The van der Waals surface area contributed by atoms with Crippen LogP contribution >= 0.6 is 11.3 Å². The third-order valence-electron chi connectivity index (χ3n) is 20.4. The molecule has 3 nitrogen and oxygen atoms in total. The van der Waals surface area contributed by atoms with E-state index in [1.165, 1.54) is 155 Å². The van der Waals surface area contributed by atoms with E-state index in [0.29, 0.717) is 0 Å². The Kier molecular flexibility index (Phi) is 8.48. The first-order chi connectivity index (χ1) is 36.0. The molecule has 0 bridgehead atoms. The number of hydrogen-bond acceptors (Lipinski definition) is 3. The van der Waals surface area contributed by atoms with Gasteiger partial charge in [-0.1, -0.05) is 151 Å². The van der Waals surface area contributed by atoms with Crippen LogP contribution in [0.25, 0.3) is 91.9 Å². The molecule has 3 aliphatic carbocycles. The summed E-state index contributed by atoms with van der Waals surface area (Å²) in [5.74, 6) is 0. The molecule has 76 heavy (non-hydrogen) atoms. The highest BCUT2D eigenvalue weighted by Crippen LogP contribution is 2.60. The number of nitrogens with zero attached hydrogens (tertiary/aromatic N) is 2. The molecule has 0 amide bonds. The highest BCUT2D eigenvalue weighted by atomic mass is 32.1. The Hall–Kier alpha value is -6.56. The normalized spacial score (nSPS) is 18.9. The molecule has 16 rings (SSSR count). The zero-order valence-corrected chi connectivity index (χ0v) is 47.5. The lowest BCUT2D eigenvalue weighted by Crippen LogP contribution is -2.60. The largest absolute Gasteiger partial charge is 0.455 e. The van der Waals surface area contributed by atoms with Gasteiger partial charge in [0.05, 0.1) is 16.4 Å². The second-order valence-corrected chi connectivity index (χ2v) is 29.2. The molecule has 0 radical (unpaired) electrons. The van der Waals surface area contributed by atoms with Crippen LogP contribution < -0.4 is 15.7 Å². The van der Waals surface area contributed by atoms with Crippen LogP contribution in [0.15, 0.2) is 126 Å². The van der Waals surface area contributed by atoms with Crippen molar-refractivity contribution in [3.63, 3.8) is 0 Å². The molecule has 0 N–H and O–H groups in total. The lowest BCUT2D eigenvalue weighted by molar-refractivity contribution is 0.331. The minimum Gasteiger partial charge on any atom is -0.455 e. The predicted molar refractivity (Wildman–Crippen MR) is 327 cm³/mol. The third kappa shape index (κ3) is 5.66. The Labute approximate surface area is 452 Å². The van der Waals surface area contributed by atoms with Gasteiger partial charge in [0.1, 0.15) is 11.2 Å². The van der Waals surface area contributed by atoms with Gasteiger partial charge >= 0.3 is 6.85 Å². The van der Waals surface area contributed by atoms with E-state index in [0.717, 1.165) is 24.0 Å². The highest BCUT2D eigenvalue weighted by molar-refractivity contribution is 7.26. The second-order valence-electron chi connectivity index (χ2n) is 28.2. The summed E-state index contributed by atoms with van der Waals surface area (Å²) in [6, 6.07) is 48.7. The van der Waals surface area contributed by atoms with Crippen molar-refractivity contribution in [2.75, 3.05) is 4.81 Å². The van der Waals surface area contributed by atoms with Gasteiger partial charge in [-0.2, -0.15) is 0 Å². The van der Waals surface area contributed by atoms with Crippen molar-refractivity contribution in [3.05, 3.63) is 160 Å². The SMILES string of the molecule is CC(C)(C)c1ccc(N2B3c4cc5c(cc4-n4c6cc7c(cc6c6c8oc9ccccc9c8c(c3c64)-c3cc4c(cc32)C(C)(C)c2cc3c(cc2-4)C(C)(C)CCC3(C)C)C(C)(C)CCC7(C)C)sc2ccccc25)cc1. The van der Waals surface area contributed by atoms with Gasteiger partial charge in [0.2, 0.25) is 0 Å². The van der Waals surface area contributed by atoms with Crippen molar-refractivity contribution in [2.24, 2.45) is 0 Å². The average Bonchev–Trinajstić information content (AvgIpc) is 3.82. The zero-order chi connectivity index (χ0) is 52.3. The molecular weight excluding hydrogens is 940 g/mol. The van der Waals surface area contributed by atoms with Gasteiger partial charge in [0.15, 0.2) is 0 Å². The minimum atomic E-state index is -0.227. The average molecular weight is 1010 g/mol. The topological polar surface area (TPSA) is 21.3 Å². The molecule has 0 saturated carbocycles. The van der Waals surface area contributed by atoms with Crippen molar-refractivity contribution in [3.8, 4) is 27.9 Å². The second kappa shape index (κ2) is 14.1. The number of anilines is 2. The molecule has 0 saturated heterocycles. The van der Waals surface area contributed by atoms with Gasteiger partial charge in [-0.05, 0) is 180 Å². The van der Waals surface area contributed by atoms with Crippen molar-refractivity contribution in [2.45, 2.75) is 148 Å². The van der Waals surface area contributed by atoms with E-state index in [4.69, 9.17) is 4.42 Å². The van der Waals surface area contributed by atoms with Crippen LogP contribution in [0.3, 0.4) is 0 Å². The summed E-state index contributed by atoms with van der Waals surface area (Å²) < 4.78 is 12.9. The minimum absolute atomic E-state index is 0.0102. The zero-order valence-electron chi connectivity index (χ0n) is 46.7. The van der Waals surface area contributed by atoms with Crippen molar-refractivity contribution in [1.29, 1.82) is 0 Å². The fourth-order valence-electron chi connectivity index (χ4n) is 15.7. The number of benzene rings is 8. The van der Waals surface area contributed by atoms with Gasteiger partial charge in [-0.25, -0.2) is 0 Å². The lowest BCUT2D eigenvalue weighted by atomic mass is 9.43. The van der Waals surface area contributed by atoms with Crippen molar-refractivity contribution in [1.82, 2.24) is 4.57 Å². The predicted octanol–water partition coefficient (Wildman–Crippen LogP) is 18.6. The molecule has 5 heterocycles. The van der Waals surface area contributed by atoms with E-state index < -0.39 is 0 Å². The number of thiophene rings is 1. The summed E-state index contributed by atoms with van der Waals surface area (Å²) in [4.78, 5) is 2.78. The Bertz CT molecular complexity index is 4480. The van der Waals surface area contributed by atoms with Gasteiger partial charge in [0.25, 0.3) is 0 Å². The van der Waals surface area contributed by atoms with Crippen LogP contribution in [0.4, 0.5) is 11.4 Å². The van der Waals surface area contributed by atoms with Crippen molar-refractivity contribution >= 4 is 104 Å². The molecule has 5 heteroatoms. The Balaban J connectivity index is 1.12. The van der Waals surface area contributed by atoms with Gasteiger partial charge in [0, 0.05) is 64.4 Å². The number of furan rings is 1. The van der Waals surface area contributed by atoms with Crippen LogP contribution in [0.2, 0.25) is 0 Å². The smallest absolute Gasteiger partial charge is 0.333 e. The number of hydrogen-bond donors (Lipinski definition) is 0. The first-order valence-electron chi connectivity index (χ1n) is 28.3. The van der Waals surface area contributed by atoms with E-state index in [1.54, 1.807) is 0 Å². The molecule has 2 aliphatic heterocycles. The molecule has 0 fully saturated rings. The lowest BCUT2D eigenvalue weighted by Gasteiger charge is -2.43. The van der Waals surface area contributed by atoms with Crippen LogP contribution in [-0.2, 0) is 32.5 Å². The molecule has 11 aromatic rings. The van der Waals surface area contributed by atoms with E-state index >= 15 is 0 Å². The molecule has 0 spiro atoms. The standard InChI is InChI=1S/C71H67BN2OS/c1-66(2,3)38-22-24-39(25-23-38)74-55-35-48-42(43-31-49-51(34-47(43)71(48,12)13)69(8,9)28-26-67(49,4)5)30-45(55)60-61-41-19-14-16-20-57(41)75-65(61)62-46-32-50-52(70(10,11)29-27-68(50,6)7)36-54(46)73-56-37-59-44(40-18-15-17-21-58(40)76-59)33-53(56)72(74)63(60)64(62)73/h14-25,30-37H,26-29H2,1-13H3. The van der Waals surface area contributed by atoms with E-state index in [1.807, 2.05) is 11.3 Å². The quantitative estimate of drug-likeness (QED) is 0.153. The summed E-state index contributed by atoms with van der Waals surface area (Å²) in [6.07, 6.45) is 4.70. The summed E-state index contributed by atoms with van der Waals surface area (Å²) in [6.45, 7) is 31.7. The van der Waals surface area contributed by atoms with Crippen LogP contribution in [-0.4, -0.2) is 11.4 Å². The fraction of sp³-hybridized carbons (Fsp3) is 0.324. The molecule has 3 aromatic heterocycles. The summed E-state index contributed by atoms with van der Waals surface area (Å²) in [5.41, 5.74) is 26.6. The molecular formula is C71H67BN2OS. The van der Waals surface area contributed by atoms with Gasteiger partial charge in [-0.3, -0.25) is 0 Å². The maximum atomic E-state index is 7.48. The summed E-state index contributed by atoms with van der Waals surface area (Å²) in [7, 11) is 0. The number of rotatable bonds is 1. The number of para-hydroxylation sites is 1. The Morgan fingerprint density at radius 1 is 0.513 bits per heavy atom. The Morgan fingerprint density at radius 2 is 1.12 bits per heavy atom. The number of aromatic nitrogens is 1. The maximum absolute atomic E-state index is 7.48. The van der Waals surface area contributed by atoms with Gasteiger partial charge in [-0.15, -0.1) is 11.3 Å². The first kappa shape index (κ1) is 45.6. The monoisotopic (exact) mass is 1010 g/mol. The summed E-state index contributed by atoms with van der Waals surface area (Å²) in [5, 5.41) is 7.62. The van der Waals surface area contributed by atoms with Gasteiger partial charge < -0.3 is 13.8 Å². The van der Waals surface area contributed by atoms with Crippen molar-refractivity contribution < 1.29 is 4.42 Å². The fourth-order valence-corrected chi connectivity index (χ4v) is 16.9. The molecule has 0 atom stereocenters. The Morgan fingerprint density at radius 3 is 1.82 bits per heavy atom. The van der Waals surface area contributed by atoms with Crippen LogP contribution in [0.5, 0.6) is 0 Å². The molecule has 8 aromatic carbocycles. The van der Waals surface area contributed by atoms with Crippen LogP contribution in [0.1, 0.15) is 155 Å². The van der Waals surface area contributed by atoms with E-state index in [-0.39, 0.29) is 39.3 Å². The van der Waals surface area contributed by atoms with E-state index in [9.17, 15) is 0 Å². The molecule has 376 valence electrons. The first-order valence-corrected chi connectivity index (χ1v) is 29.1. The maximum Gasteiger partial charge on any atom is 0.333 e. The molecule has 0 unspecified atom stereocenters.